The summed E-state index contributed by atoms with van der Waals surface area (Å²) in [5, 5.41) is 16.6. The molecule has 0 fully saturated rings. The van der Waals surface area contributed by atoms with Crippen LogP contribution in [0, 0.1) is 10.1 Å². The molecule has 0 aliphatic heterocycles. The number of nitro benzene ring substituents is 1. The molecule has 1 aromatic heterocycles. The van der Waals surface area contributed by atoms with Gasteiger partial charge in [0.15, 0.2) is 0 Å². The minimum atomic E-state index is -0.489. The molecule has 21 heavy (non-hydrogen) atoms. The topological polar surface area (TPSA) is 113 Å². The molecule has 8 nitrogen and oxygen atoms in total. The van der Waals surface area contributed by atoms with Crippen molar-refractivity contribution in [2.24, 2.45) is 0 Å². The largest absolute Gasteiger partial charge is 0.374 e. The summed E-state index contributed by atoms with van der Waals surface area (Å²) in [7, 11) is 0. The molecular formula is C13H15N5O3. The molecule has 8 heteroatoms. The van der Waals surface area contributed by atoms with Crippen LogP contribution in [-0.4, -0.2) is 27.3 Å². The summed E-state index contributed by atoms with van der Waals surface area (Å²) < 4.78 is 0. The fourth-order valence-corrected chi connectivity index (χ4v) is 1.81. The third-order valence-electron chi connectivity index (χ3n) is 2.82. The number of imidazole rings is 1. The number of nitrogens with one attached hydrogen (secondary N) is 3. The van der Waals surface area contributed by atoms with Gasteiger partial charge in [-0.3, -0.25) is 14.9 Å². The molecular weight excluding hydrogens is 274 g/mol. The first kappa shape index (κ1) is 14.5. The maximum atomic E-state index is 11.8. The quantitative estimate of drug-likeness (QED) is 0.553. The summed E-state index contributed by atoms with van der Waals surface area (Å²) >= 11 is 0. The Bertz CT molecular complexity index is 639. The second-order valence-electron chi connectivity index (χ2n) is 4.28. The zero-order chi connectivity index (χ0) is 15.2. The number of nitrogens with zero attached hydrogens (tertiary/aromatic N) is 2. The average Bonchev–Trinajstić information content (AvgIpc) is 2.98. The van der Waals surface area contributed by atoms with Gasteiger partial charge in [-0.1, -0.05) is 0 Å². The van der Waals surface area contributed by atoms with Gasteiger partial charge in [-0.25, -0.2) is 4.98 Å². The van der Waals surface area contributed by atoms with E-state index < -0.39 is 4.92 Å². The SMILES string of the molecule is CCNC(=O)c1ccc([N+](=O)[O-])c(NCc2cnc[nH]2)c1. The van der Waals surface area contributed by atoms with Gasteiger partial charge in [0.05, 0.1) is 23.5 Å². The van der Waals surface area contributed by atoms with E-state index in [9.17, 15) is 14.9 Å². The molecule has 0 spiro atoms. The molecule has 3 N–H and O–H groups in total. The summed E-state index contributed by atoms with van der Waals surface area (Å²) in [5.74, 6) is -0.267. The molecule has 0 radical (unpaired) electrons. The lowest BCUT2D eigenvalue weighted by Crippen LogP contribution is -2.22. The van der Waals surface area contributed by atoms with Gasteiger partial charge in [0, 0.05) is 24.4 Å². The number of H-pyrrole nitrogens is 1. The van der Waals surface area contributed by atoms with Gasteiger partial charge in [-0.05, 0) is 19.1 Å². The number of rotatable bonds is 6. The van der Waals surface area contributed by atoms with Crippen LogP contribution in [-0.2, 0) is 6.54 Å². The molecule has 1 amide bonds. The lowest BCUT2D eigenvalue weighted by Gasteiger charge is -2.08. The molecule has 0 atom stereocenters. The lowest BCUT2D eigenvalue weighted by atomic mass is 10.1. The van der Waals surface area contributed by atoms with E-state index in [0.717, 1.165) is 5.69 Å². The van der Waals surface area contributed by atoms with E-state index in [4.69, 9.17) is 0 Å². The number of benzene rings is 1. The van der Waals surface area contributed by atoms with Crippen LogP contribution in [0.3, 0.4) is 0 Å². The van der Waals surface area contributed by atoms with Gasteiger partial charge < -0.3 is 15.6 Å². The summed E-state index contributed by atoms with van der Waals surface area (Å²) in [6.07, 6.45) is 3.14. The number of nitro groups is 1. The first-order valence-corrected chi connectivity index (χ1v) is 6.39. The van der Waals surface area contributed by atoms with Crippen molar-refractivity contribution in [3.63, 3.8) is 0 Å². The van der Waals surface area contributed by atoms with E-state index in [1.54, 1.807) is 13.1 Å². The van der Waals surface area contributed by atoms with Crippen molar-refractivity contribution in [1.82, 2.24) is 15.3 Å². The van der Waals surface area contributed by atoms with E-state index in [0.29, 0.717) is 24.3 Å². The van der Waals surface area contributed by atoms with Gasteiger partial charge >= 0.3 is 0 Å². The van der Waals surface area contributed by atoms with Crippen LogP contribution in [0.1, 0.15) is 23.0 Å². The number of anilines is 1. The number of carbonyl (C=O) groups excluding carboxylic acids is 1. The van der Waals surface area contributed by atoms with E-state index in [-0.39, 0.29) is 11.6 Å². The van der Waals surface area contributed by atoms with Crippen LogP contribution in [0.15, 0.2) is 30.7 Å². The maximum absolute atomic E-state index is 11.8. The van der Waals surface area contributed by atoms with Crippen molar-refractivity contribution in [3.8, 4) is 0 Å². The van der Waals surface area contributed by atoms with Gasteiger partial charge in [0.25, 0.3) is 11.6 Å². The second-order valence-corrected chi connectivity index (χ2v) is 4.28. The van der Waals surface area contributed by atoms with Crippen molar-refractivity contribution in [2.45, 2.75) is 13.5 Å². The highest BCUT2D eigenvalue weighted by atomic mass is 16.6. The normalized spacial score (nSPS) is 10.1. The molecule has 0 aliphatic carbocycles. The lowest BCUT2D eigenvalue weighted by molar-refractivity contribution is -0.384. The Hall–Kier alpha value is -2.90. The average molecular weight is 289 g/mol. The number of hydrogen-bond acceptors (Lipinski definition) is 5. The fourth-order valence-electron chi connectivity index (χ4n) is 1.81. The molecule has 0 unspecified atom stereocenters. The van der Waals surface area contributed by atoms with Crippen LogP contribution in [0.25, 0.3) is 0 Å². The minimum absolute atomic E-state index is 0.0810. The summed E-state index contributed by atoms with van der Waals surface area (Å²) in [5.41, 5.74) is 1.36. The monoisotopic (exact) mass is 289 g/mol. The van der Waals surface area contributed by atoms with Crippen LogP contribution in [0.2, 0.25) is 0 Å². The Morgan fingerprint density at radius 1 is 1.48 bits per heavy atom. The highest BCUT2D eigenvalue weighted by Gasteiger charge is 2.16. The van der Waals surface area contributed by atoms with Gasteiger partial charge in [-0.15, -0.1) is 0 Å². The molecule has 0 saturated carbocycles. The summed E-state index contributed by atoms with van der Waals surface area (Å²) in [6, 6.07) is 4.23. The van der Waals surface area contributed by atoms with E-state index in [1.165, 1.54) is 24.5 Å². The zero-order valence-electron chi connectivity index (χ0n) is 11.4. The van der Waals surface area contributed by atoms with Crippen molar-refractivity contribution in [1.29, 1.82) is 0 Å². The zero-order valence-corrected chi connectivity index (χ0v) is 11.4. The van der Waals surface area contributed by atoms with Crippen molar-refractivity contribution in [3.05, 3.63) is 52.1 Å². The Labute approximate surface area is 120 Å². The molecule has 0 aliphatic rings. The van der Waals surface area contributed by atoms with Crippen LogP contribution in [0.4, 0.5) is 11.4 Å². The van der Waals surface area contributed by atoms with Gasteiger partial charge in [0.1, 0.15) is 5.69 Å². The second kappa shape index (κ2) is 6.51. The standard InChI is InChI=1S/C13H15N5O3/c1-2-15-13(19)9-3-4-12(18(20)21)11(5-9)16-7-10-6-14-8-17-10/h3-6,8,16H,2,7H2,1H3,(H,14,17)(H,15,19). The highest BCUT2D eigenvalue weighted by molar-refractivity contribution is 5.95. The van der Waals surface area contributed by atoms with Crippen molar-refractivity contribution >= 4 is 17.3 Å². The predicted octanol–water partition coefficient (Wildman–Crippen LogP) is 1.68. The third-order valence-corrected chi connectivity index (χ3v) is 2.82. The number of hydrogen-bond donors (Lipinski definition) is 3. The van der Waals surface area contributed by atoms with Crippen LogP contribution < -0.4 is 10.6 Å². The Kier molecular flexibility index (Phi) is 4.50. The summed E-state index contributed by atoms with van der Waals surface area (Å²) in [4.78, 5) is 29.1. The molecule has 0 saturated heterocycles. The highest BCUT2D eigenvalue weighted by Crippen LogP contribution is 2.26. The summed E-state index contributed by atoms with van der Waals surface area (Å²) in [6.45, 7) is 2.65. The molecule has 0 bridgehead atoms. The molecule has 1 aromatic carbocycles. The fraction of sp³-hybridized carbons (Fsp3) is 0.231. The molecule has 2 rings (SSSR count). The maximum Gasteiger partial charge on any atom is 0.292 e. The van der Waals surface area contributed by atoms with Gasteiger partial charge in [0.2, 0.25) is 0 Å². The smallest absolute Gasteiger partial charge is 0.292 e. The first-order valence-electron chi connectivity index (χ1n) is 6.39. The molecule has 110 valence electrons. The van der Waals surface area contributed by atoms with Gasteiger partial charge in [-0.2, -0.15) is 0 Å². The number of aromatic amines is 1. The molecule has 2 aromatic rings. The Morgan fingerprint density at radius 3 is 2.90 bits per heavy atom. The Balaban J connectivity index is 2.24. The third kappa shape index (κ3) is 3.56. The first-order chi connectivity index (χ1) is 10.1. The van der Waals surface area contributed by atoms with E-state index in [1.807, 2.05) is 0 Å². The number of aromatic nitrogens is 2. The van der Waals surface area contributed by atoms with Crippen molar-refractivity contribution in [2.75, 3.05) is 11.9 Å². The van der Waals surface area contributed by atoms with Crippen LogP contribution in [0.5, 0.6) is 0 Å². The van der Waals surface area contributed by atoms with Crippen molar-refractivity contribution < 1.29 is 9.72 Å². The minimum Gasteiger partial charge on any atom is -0.374 e. The number of amides is 1. The predicted molar refractivity (Wildman–Crippen MR) is 77.0 cm³/mol. The molecule has 1 heterocycles. The van der Waals surface area contributed by atoms with E-state index in [2.05, 4.69) is 20.6 Å². The van der Waals surface area contributed by atoms with E-state index >= 15 is 0 Å². The van der Waals surface area contributed by atoms with Crippen LogP contribution >= 0.6 is 0 Å². The Morgan fingerprint density at radius 2 is 2.29 bits per heavy atom. The number of carbonyl (C=O) groups is 1.